The lowest BCUT2D eigenvalue weighted by Crippen LogP contribution is -2.50. The van der Waals surface area contributed by atoms with Crippen LogP contribution in [0.4, 0.5) is 0 Å². The zero-order valence-corrected chi connectivity index (χ0v) is 13.0. The highest BCUT2D eigenvalue weighted by Crippen LogP contribution is 2.25. The molecule has 20 heavy (non-hydrogen) atoms. The molecule has 2 N–H and O–H groups in total. The van der Waals surface area contributed by atoms with Crippen molar-refractivity contribution in [2.75, 3.05) is 19.6 Å². The van der Waals surface area contributed by atoms with Crippen LogP contribution in [-0.2, 0) is 10.2 Å². The Hall–Kier alpha value is -1.35. The first-order valence-corrected chi connectivity index (χ1v) is 7.46. The van der Waals surface area contributed by atoms with Gasteiger partial charge in [-0.3, -0.25) is 4.79 Å². The van der Waals surface area contributed by atoms with Gasteiger partial charge in [-0.25, -0.2) is 0 Å². The molecule has 1 fully saturated rings. The molecule has 0 radical (unpaired) electrons. The molecular weight excluding hydrogens is 248 g/mol. The number of carbonyl (C=O) groups excluding carboxylic acids is 1. The van der Waals surface area contributed by atoms with E-state index in [-0.39, 0.29) is 17.2 Å². The molecule has 2 rings (SSSR count). The van der Waals surface area contributed by atoms with Gasteiger partial charge in [-0.05, 0) is 37.1 Å². The molecule has 1 atom stereocenters. The molecule has 1 aliphatic heterocycles. The first kappa shape index (κ1) is 15.0. The minimum absolute atomic E-state index is 0.0431. The fraction of sp³-hybridized carbons (Fsp3) is 0.588. The molecule has 3 nitrogen and oxygen atoms in total. The number of benzene rings is 1. The van der Waals surface area contributed by atoms with Crippen LogP contribution in [0, 0.1) is 18.8 Å². The maximum absolute atomic E-state index is 12.2. The van der Waals surface area contributed by atoms with Gasteiger partial charge in [-0.2, -0.15) is 0 Å². The summed E-state index contributed by atoms with van der Waals surface area (Å²) in [7, 11) is 0. The lowest BCUT2D eigenvalue weighted by Gasteiger charge is -2.33. The largest absolute Gasteiger partial charge is 0.355 e. The summed E-state index contributed by atoms with van der Waals surface area (Å²) in [5.74, 6) is 0.777. The highest BCUT2D eigenvalue weighted by Gasteiger charge is 2.30. The van der Waals surface area contributed by atoms with Crippen LogP contribution in [0.3, 0.4) is 0 Å². The van der Waals surface area contributed by atoms with E-state index in [9.17, 15) is 4.79 Å². The van der Waals surface area contributed by atoms with E-state index in [4.69, 9.17) is 0 Å². The Morgan fingerprint density at radius 1 is 1.40 bits per heavy atom. The fourth-order valence-corrected chi connectivity index (χ4v) is 2.78. The summed E-state index contributed by atoms with van der Waals surface area (Å²) in [6.45, 7) is 11.1. The average Bonchev–Trinajstić information content (AvgIpc) is 2.34. The van der Waals surface area contributed by atoms with Crippen molar-refractivity contribution in [2.45, 2.75) is 33.1 Å². The standard InChI is InChI=1S/C17H26N2O/c1-12-7-5-6-8-15(12)17(3,4)11-19-16(20)13(2)14-9-18-10-14/h5-8,13-14,18H,9-11H2,1-4H3,(H,19,20). The Balaban J connectivity index is 1.95. The highest BCUT2D eigenvalue weighted by atomic mass is 16.1. The van der Waals surface area contributed by atoms with Crippen molar-refractivity contribution in [1.29, 1.82) is 0 Å². The van der Waals surface area contributed by atoms with Crippen molar-refractivity contribution in [3.63, 3.8) is 0 Å². The van der Waals surface area contributed by atoms with Crippen LogP contribution in [0.2, 0.25) is 0 Å². The molecule has 0 bridgehead atoms. The summed E-state index contributed by atoms with van der Waals surface area (Å²) >= 11 is 0. The molecule has 0 spiro atoms. The lowest BCUT2D eigenvalue weighted by molar-refractivity contribution is -0.126. The monoisotopic (exact) mass is 274 g/mol. The second-order valence-corrected chi connectivity index (χ2v) is 6.62. The zero-order chi connectivity index (χ0) is 14.8. The Morgan fingerprint density at radius 3 is 2.60 bits per heavy atom. The average molecular weight is 274 g/mol. The maximum atomic E-state index is 12.2. The number of amides is 1. The Labute approximate surface area is 122 Å². The van der Waals surface area contributed by atoms with E-state index in [0.717, 1.165) is 13.1 Å². The van der Waals surface area contributed by atoms with E-state index in [1.165, 1.54) is 11.1 Å². The van der Waals surface area contributed by atoms with Crippen LogP contribution in [0.1, 0.15) is 31.9 Å². The predicted octanol–water partition coefficient (Wildman–Crippen LogP) is 2.24. The van der Waals surface area contributed by atoms with Gasteiger partial charge in [0.15, 0.2) is 0 Å². The van der Waals surface area contributed by atoms with E-state index in [1.807, 2.05) is 6.92 Å². The molecule has 110 valence electrons. The van der Waals surface area contributed by atoms with Gasteiger partial charge >= 0.3 is 0 Å². The second kappa shape index (κ2) is 5.96. The normalized spacial score (nSPS) is 17.4. The summed E-state index contributed by atoms with van der Waals surface area (Å²) in [6, 6.07) is 8.40. The van der Waals surface area contributed by atoms with Gasteiger partial charge in [0, 0.05) is 17.9 Å². The first-order valence-electron chi connectivity index (χ1n) is 7.46. The van der Waals surface area contributed by atoms with Crippen LogP contribution in [0.15, 0.2) is 24.3 Å². The van der Waals surface area contributed by atoms with Crippen molar-refractivity contribution >= 4 is 5.91 Å². The Kier molecular flexibility index (Phi) is 4.48. The summed E-state index contributed by atoms with van der Waals surface area (Å²) in [5, 5.41) is 6.35. The predicted molar refractivity (Wildman–Crippen MR) is 82.7 cm³/mol. The molecule has 1 heterocycles. The number of hydrogen-bond acceptors (Lipinski definition) is 2. The molecule has 1 saturated heterocycles. The second-order valence-electron chi connectivity index (χ2n) is 6.62. The number of nitrogens with one attached hydrogen (secondary N) is 2. The van der Waals surface area contributed by atoms with Crippen LogP contribution >= 0.6 is 0 Å². The first-order chi connectivity index (χ1) is 9.42. The number of carbonyl (C=O) groups is 1. The van der Waals surface area contributed by atoms with E-state index in [0.29, 0.717) is 12.5 Å². The van der Waals surface area contributed by atoms with Crippen LogP contribution in [0.25, 0.3) is 0 Å². The number of hydrogen-bond donors (Lipinski definition) is 2. The molecule has 1 unspecified atom stereocenters. The number of rotatable bonds is 5. The minimum Gasteiger partial charge on any atom is -0.355 e. The van der Waals surface area contributed by atoms with Crippen molar-refractivity contribution in [2.24, 2.45) is 11.8 Å². The Morgan fingerprint density at radius 2 is 2.05 bits per heavy atom. The van der Waals surface area contributed by atoms with E-state index < -0.39 is 0 Å². The van der Waals surface area contributed by atoms with Crippen molar-refractivity contribution in [3.8, 4) is 0 Å². The van der Waals surface area contributed by atoms with Crippen LogP contribution in [0.5, 0.6) is 0 Å². The molecule has 1 amide bonds. The number of aryl methyl sites for hydroxylation is 1. The summed E-state index contributed by atoms with van der Waals surface area (Å²) in [4.78, 5) is 12.2. The summed E-state index contributed by atoms with van der Waals surface area (Å²) in [6.07, 6.45) is 0. The van der Waals surface area contributed by atoms with E-state index in [2.05, 4.69) is 55.7 Å². The summed E-state index contributed by atoms with van der Waals surface area (Å²) < 4.78 is 0. The van der Waals surface area contributed by atoms with Crippen LogP contribution < -0.4 is 10.6 Å². The van der Waals surface area contributed by atoms with Crippen molar-refractivity contribution in [1.82, 2.24) is 10.6 Å². The van der Waals surface area contributed by atoms with Crippen molar-refractivity contribution in [3.05, 3.63) is 35.4 Å². The topological polar surface area (TPSA) is 41.1 Å². The molecule has 0 saturated carbocycles. The Bertz CT molecular complexity index is 478. The third-order valence-corrected chi connectivity index (χ3v) is 4.51. The highest BCUT2D eigenvalue weighted by molar-refractivity contribution is 5.78. The van der Waals surface area contributed by atoms with Gasteiger partial charge in [-0.15, -0.1) is 0 Å². The fourth-order valence-electron chi connectivity index (χ4n) is 2.78. The smallest absolute Gasteiger partial charge is 0.223 e. The molecule has 1 aliphatic rings. The van der Waals surface area contributed by atoms with E-state index in [1.54, 1.807) is 0 Å². The molecule has 1 aromatic carbocycles. The quantitative estimate of drug-likeness (QED) is 0.864. The zero-order valence-electron chi connectivity index (χ0n) is 13.0. The van der Waals surface area contributed by atoms with Gasteiger partial charge in [0.2, 0.25) is 5.91 Å². The van der Waals surface area contributed by atoms with Crippen LogP contribution in [-0.4, -0.2) is 25.5 Å². The van der Waals surface area contributed by atoms with Gasteiger partial charge < -0.3 is 10.6 Å². The lowest BCUT2D eigenvalue weighted by atomic mass is 9.81. The third kappa shape index (κ3) is 3.21. The maximum Gasteiger partial charge on any atom is 0.223 e. The minimum atomic E-state index is -0.0431. The van der Waals surface area contributed by atoms with Gasteiger partial charge in [0.25, 0.3) is 0 Å². The third-order valence-electron chi connectivity index (χ3n) is 4.51. The molecule has 0 aromatic heterocycles. The van der Waals surface area contributed by atoms with Gasteiger partial charge in [0.05, 0.1) is 0 Å². The summed E-state index contributed by atoms with van der Waals surface area (Å²) in [5.41, 5.74) is 2.54. The molecule has 0 aliphatic carbocycles. The van der Waals surface area contributed by atoms with Crippen molar-refractivity contribution < 1.29 is 4.79 Å². The van der Waals surface area contributed by atoms with Gasteiger partial charge in [0.1, 0.15) is 0 Å². The SMILES string of the molecule is Cc1ccccc1C(C)(C)CNC(=O)C(C)C1CNC1. The molecular formula is C17H26N2O. The molecule has 3 heteroatoms. The molecule has 1 aromatic rings. The van der Waals surface area contributed by atoms with Gasteiger partial charge in [-0.1, -0.05) is 45.0 Å². The van der Waals surface area contributed by atoms with E-state index >= 15 is 0 Å².